The van der Waals surface area contributed by atoms with Crippen LogP contribution < -0.4 is 10.0 Å². The van der Waals surface area contributed by atoms with Crippen molar-refractivity contribution in [1.29, 1.82) is 0 Å². The summed E-state index contributed by atoms with van der Waals surface area (Å²) in [6.45, 7) is 4.68. The van der Waals surface area contributed by atoms with Gasteiger partial charge in [0.05, 0.1) is 0 Å². The SMILES string of the molecule is CC(=O)Nc1ccc(CNS(=O)(=O)c2c(C)noc2C)cc1. The first-order valence-electron chi connectivity index (χ1n) is 6.58. The molecule has 0 aliphatic heterocycles. The van der Waals surface area contributed by atoms with Crippen molar-refractivity contribution in [3.63, 3.8) is 0 Å². The smallest absolute Gasteiger partial charge is 0.246 e. The minimum atomic E-state index is -3.68. The Bertz CT molecular complexity index is 759. The molecule has 1 heterocycles. The average Bonchev–Trinajstić information content (AvgIpc) is 2.77. The van der Waals surface area contributed by atoms with E-state index < -0.39 is 10.0 Å². The van der Waals surface area contributed by atoms with Crippen molar-refractivity contribution < 1.29 is 17.7 Å². The molecular weight excluding hydrogens is 306 g/mol. The van der Waals surface area contributed by atoms with Crippen LogP contribution in [0.15, 0.2) is 33.7 Å². The van der Waals surface area contributed by atoms with E-state index in [1.54, 1.807) is 38.1 Å². The fourth-order valence-corrected chi connectivity index (χ4v) is 3.36. The van der Waals surface area contributed by atoms with Gasteiger partial charge in [-0.25, -0.2) is 13.1 Å². The third-order valence-corrected chi connectivity index (χ3v) is 4.62. The van der Waals surface area contributed by atoms with E-state index in [4.69, 9.17) is 4.52 Å². The van der Waals surface area contributed by atoms with Crippen LogP contribution in [0.1, 0.15) is 23.9 Å². The monoisotopic (exact) mass is 323 g/mol. The number of rotatable bonds is 5. The topological polar surface area (TPSA) is 101 Å². The number of nitrogens with zero attached hydrogens (tertiary/aromatic N) is 1. The fourth-order valence-electron chi connectivity index (χ4n) is 2.02. The summed E-state index contributed by atoms with van der Waals surface area (Å²) in [4.78, 5) is 11.0. The van der Waals surface area contributed by atoms with Gasteiger partial charge >= 0.3 is 0 Å². The fraction of sp³-hybridized carbons (Fsp3) is 0.286. The van der Waals surface area contributed by atoms with Crippen molar-refractivity contribution in [3.8, 4) is 0 Å². The summed E-state index contributed by atoms with van der Waals surface area (Å²) < 4.78 is 31.9. The maximum Gasteiger partial charge on any atom is 0.246 e. The van der Waals surface area contributed by atoms with Crippen LogP contribution in [0.5, 0.6) is 0 Å². The Morgan fingerprint density at radius 2 is 1.86 bits per heavy atom. The third-order valence-electron chi connectivity index (χ3n) is 2.98. The molecule has 22 heavy (non-hydrogen) atoms. The van der Waals surface area contributed by atoms with Crippen LogP contribution in [-0.4, -0.2) is 19.5 Å². The maximum atomic E-state index is 12.3. The van der Waals surface area contributed by atoms with Crippen molar-refractivity contribution in [2.24, 2.45) is 0 Å². The Labute approximate surface area is 128 Å². The summed E-state index contributed by atoms with van der Waals surface area (Å²) in [5, 5.41) is 6.29. The van der Waals surface area contributed by atoms with Gasteiger partial charge in [-0.1, -0.05) is 17.3 Å². The molecule has 0 saturated carbocycles. The lowest BCUT2D eigenvalue weighted by Crippen LogP contribution is -2.24. The maximum absolute atomic E-state index is 12.3. The molecule has 0 atom stereocenters. The molecule has 2 N–H and O–H groups in total. The highest BCUT2D eigenvalue weighted by atomic mass is 32.2. The number of aromatic nitrogens is 1. The van der Waals surface area contributed by atoms with Gasteiger partial charge in [-0.2, -0.15) is 0 Å². The van der Waals surface area contributed by atoms with Gasteiger partial charge in [0.15, 0.2) is 5.76 Å². The van der Waals surface area contributed by atoms with Crippen molar-refractivity contribution >= 4 is 21.6 Å². The number of anilines is 1. The van der Waals surface area contributed by atoms with Crippen molar-refractivity contribution in [2.45, 2.75) is 32.2 Å². The molecule has 1 aromatic heterocycles. The quantitative estimate of drug-likeness (QED) is 0.872. The molecule has 8 heteroatoms. The van der Waals surface area contributed by atoms with Crippen LogP contribution in [0.25, 0.3) is 0 Å². The van der Waals surface area contributed by atoms with E-state index in [-0.39, 0.29) is 23.1 Å². The van der Waals surface area contributed by atoms with Crippen LogP contribution in [-0.2, 0) is 21.4 Å². The van der Waals surface area contributed by atoms with Crippen molar-refractivity contribution in [1.82, 2.24) is 9.88 Å². The van der Waals surface area contributed by atoms with Crippen molar-refractivity contribution in [3.05, 3.63) is 41.3 Å². The first kappa shape index (κ1) is 16.2. The number of nitrogens with one attached hydrogen (secondary N) is 2. The molecule has 0 aliphatic rings. The number of carbonyl (C=O) groups excluding carboxylic acids is 1. The van der Waals surface area contributed by atoms with Crippen LogP contribution in [0.2, 0.25) is 0 Å². The lowest BCUT2D eigenvalue weighted by molar-refractivity contribution is -0.114. The van der Waals surface area contributed by atoms with Gasteiger partial charge in [0.1, 0.15) is 10.6 Å². The summed E-state index contributed by atoms with van der Waals surface area (Å²) in [5.74, 6) is 0.0952. The zero-order valence-corrected chi connectivity index (χ0v) is 13.3. The lowest BCUT2D eigenvalue weighted by Gasteiger charge is -2.07. The number of benzene rings is 1. The van der Waals surface area contributed by atoms with Crippen LogP contribution in [0.3, 0.4) is 0 Å². The minimum Gasteiger partial charge on any atom is -0.360 e. The number of aryl methyl sites for hydroxylation is 2. The molecular formula is C14H17N3O4S. The highest BCUT2D eigenvalue weighted by molar-refractivity contribution is 7.89. The van der Waals surface area contributed by atoms with Gasteiger partial charge in [0.2, 0.25) is 15.9 Å². The second-order valence-corrected chi connectivity index (χ2v) is 6.56. The zero-order valence-electron chi connectivity index (χ0n) is 12.5. The Kier molecular flexibility index (Phi) is 4.62. The standard InChI is InChI=1S/C14H17N3O4S/c1-9-14(10(2)21-17-9)22(19,20)15-8-12-4-6-13(7-5-12)16-11(3)18/h4-7,15H,8H2,1-3H3,(H,16,18). The van der Waals surface area contributed by atoms with Gasteiger partial charge in [0.25, 0.3) is 0 Å². The average molecular weight is 323 g/mol. The number of amides is 1. The predicted octanol–water partition coefficient (Wildman–Crippen LogP) is 1.73. The first-order valence-corrected chi connectivity index (χ1v) is 8.07. The van der Waals surface area contributed by atoms with Gasteiger partial charge in [0, 0.05) is 19.2 Å². The highest BCUT2D eigenvalue weighted by Crippen LogP contribution is 2.19. The van der Waals surface area contributed by atoms with Crippen LogP contribution in [0.4, 0.5) is 5.69 Å². The Morgan fingerprint density at radius 3 is 2.36 bits per heavy atom. The Balaban J connectivity index is 2.08. The van der Waals surface area contributed by atoms with E-state index in [1.807, 2.05) is 0 Å². The summed E-state index contributed by atoms with van der Waals surface area (Å²) in [7, 11) is -3.68. The van der Waals surface area contributed by atoms with E-state index in [0.29, 0.717) is 11.4 Å². The van der Waals surface area contributed by atoms with Gasteiger partial charge in [-0.05, 0) is 31.5 Å². The molecule has 0 bridgehead atoms. The summed E-state index contributed by atoms with van der Waals surface area (Å²) in [6.07, 6.45) is 0. The largest absolute Gasteiger partial charge is 0.360 e. The zero-order chi connectivity index (χ0) is 16.3. The molecule has 0 fully saturated rings. The Hall–Kier alpha value is -2.19. The number of hydrogen-bond donors (Lipinski definition) is 2. The van der Waals surface area contributed by atoms with E-state index in [2.05, 4.69) is 15.2 Å². The number of sulfonamides is 1. The Morgan fingerprint density at radius 1 is 1.23 bits per heavy atom. The molecule has 2 aromatic rings. The van der Waals surface area contributed by atoms with Crippen molar-refractivity contribution in [2.75, 3.05) is 5.32 Å². The molecule has 2 rings (SSSR count). The van der Waals surface area contributed by atoms with Gasteiger partial charge in [-0.15, -0.1) is 0 Å². The van der Waals surface area contributed by atoms with Crippen LogP contribution in [0, 0.1) is 13.8 Å². The lowest BCUT2D eigenvalue weighted by atomic mass is 10.2. The summed E-state index contributed by atoms with van der Waals surface area (Å²) in [5.41, 5.74) is 1.75. The van der Waals surface area contributed by atoms with E-state index in [9.17, 15) is 13.2 Å². The molecule has 0 spiro atoms. The molecule has 1 amide bonds. The third kappa shape index (κ3) is 3.71. The van der Waals surface area contributed by atoms with E-state index in [1.165, 1.54) is 6.92 Å². The normalized spacial score (nSPS) is 11.4. The highest BCUT2D eigenvalue weighted by Gasteiger charge is 2.23. The van der Waals surface area contributed by atoms with E-state index >= 15 is 0 Å². The molecule has 0 radical (unpaired) electrons. The molecule has 1 aromatic carbocycles. The molecule has 7 nitrogen and oxygen atoms in total. The van der Waals surface area contributed by atoms with Crippen LogP contribution >= 0.6 is 0 Å². The van der Waals surface area contributed by atoms with Gasteiger partial charge < -0.3 is 9.84 Å². The molecule has 0 saturated heterocycles. The predicted molar refractivity (Wildman–Crippen MR) is 80.7 cm³/mol. The summed E-state index contributed by atoms with van der Waals surface area (Å²) in [6, 6.07) is 6.89. The second-order valence-electron chi connectivity index (χ2n) is 4.86. The summed E-state index contributed by atoms with van der Waals surface area (Å²) >= 11 is 0. The van der Waals surface area contributed by atoms with E-state index in [0.717, 1.165) is 5.56 Å². The molecule has 0 unspecified atom stereocenters. The second kappa shape index (κ2) is 6.29. The molecule has 0 aliphatic carbocycles. The minimum absolute atomic E-state index is 0.0716. The molecule has 118 valence electrons. The van der Waals surface area contributed by atoms with Gasteiger partial charge in [-0.3, -0.25) is 4.79 Å². The number of hydrogen-bond acceptors (Lipinski definition) is 5. The number of carbonyl (C=O) groups is 1. The first-order chi connectivity index (χ1) is 10.3.